The maximum absolute atomic E-state index is 12.2. The Labute approximate surface area is 92.2 Å². The highest BCUT2D eigenvalue weighted by atomic mass is 16.1. The highest BCUT2D eigenvalue weighted by Gasteiger charge is 2.13. The van der Waals surface area contributed by atoms with E-state index in [0.717, 1.165) is 10.9 Å². The fraction of sp³-hybridized carbons (Fsp3) is 0.0769. The molecule has 0 bridgehead atoms. The van der Waals surface area contributed by atoms with Crippen LogP contribution >= 0.6 is 0 Å². The Balaban J connectivity index is 2.73. The molecule has 0 unspecified atom stereocenters. The van der Waals surface area contributed by atoms with Gasteiger partial charge in [-0.05, 0) is 18.2 Å². The number of aryl methyl sites for hydroxylation is 1. The van der Waals surface area contributed by atoms with Gasteiger partial charge in [0.25, 0.3) is 10.9 Å². The van der Waals surface area contributed by atoms with E-state index >= 15 is 0 Å². The molecule has 1 aromatic carbocycles. The molecule has 0 atom stereocenters. The summed E-state index contributed by atoms with van der Waals surface area (Å²) in [6.07, 6.45) is 1.89. The van der Waals surface area contributed by atoms with Gasteiger partial charge in [0.2, 0.25) is 6.20 Å². The van der Waals surface area contributed by atoms with Crippen LogP contribution in [0, 0.1) is 0 Å². The number of nitrogens with zero attached hydrogens (tertiary/aromatic N) is 2. The second-order valence-electron chi connectivity index (χ2n) is 3.80. The van der Waals surface area contributed by atoms with Crippen molar-refractivity contribution in [1.82, 2.24) is 4.68 Å². The summed E-state index contributed by atoms with van der Waals surface area (Å²) in [5.74, 6) is 0. The van der Waals surface area contributed by atoms with Crippen molar-refractivity contribution >= 4 is 16.4 Å². The maximum Gasteiger partial charge on any atom is 0.283 e. The maximum atomic E-state index is 12.2. The molecule has 3 rings (SSSR count). The zero-order chi connectivity index (χ0) is 11.1. The van der Waals surface area contributed by atoms with Crippen LogP contribution in [-0.2, 0) is 7.05 Å². The van der Waals surface area contributed by atoms with Crippen molar-refractivity contribution in [1.29, 1.82) is 0 Å². The zero-order valence-electron chi connectivity index (χ0n) is 8.92. The summed E-state index contributed by atoms with van der Waals surface area (Å²) in [5, 5.41) is 0.760. The first-order chi connectivity index (χ1) is 7.79. The van der Waals surface area contributed by atoms with Crippen LogP contribution in [0.1, 0.15) is 0 Å². The first-order valence-electron chi connectivity index (χ1n) is 5.17. The van der Waals surface area contributed by atoms with Crippen LogP contribution in [0.25, 0.3) is 16.4 Å². The van der Waals surface area contributed by atoms with E-state index in [4.69, 9.17) is 0 Å². The average Bonchev–Trinajstić information content (AvgIpc) is 2.36. The van der Waals surface area contributed by atoms with E-state index in [9.17, 15) is 4.79 Å². The van der Waals surface area contributed by atoms with Crippen LogP contribution < -0.4 is 9.94 Å². The summed E-state index contributed by atoms with van der Waals surface area (Å²) in [6.45, 7) is 0. The lowest BCUT2D eigenvalue weighted by Gasteiger charge is -2.02. The molecule has 0 saturated heterocycles. The van der Waals surface area contributed by atoms with Gasteiger partial charge in [-0.2, -0.15) is 4.68 Å². The smallest absolute Gasteiger partial charge is 0.282 e. The molecule has 0 spiro atoms. The third-order valence-corrected chi connectivity index (χ3v) is 2.89. The normalized spacial score (nSPS) is 11.1. The Morgan fingerprint density at radius 1 is 1.06 bits per heavy atom. The number of rotatable bonds is 0. The molecule has 0 N–H and O–H groups in total. The van der Waals surface area contributed by atoms with Crippen LogP contribution in [-0.4, -0.2) is 4.68 Å². The van der Waals surface area contributed by atoms with Gasteiger partial charge in [0, 0.05) is 12.1 Å². The number of hydrogen-bond acceptors (Lipinski definition) is 1. The lowest BCUT2D eigenvalue weighted by molar-refractivity contribution is -0.608. The van der Waals surface area contributed by atoms with Gasteiger partial charge in [0.15, 0.2) is 0 Å². The molecule has 0 aliphatic heterocycles. The summed E-state index contributed by atoms with van der Waals surface area (Å²) < 4.78 is 3.84. The van der Waals surface area contributed by atoms with Crippen molar-refractivity contribution in [2.24, 2.45) is 7.05 Å². The molecule has 2 aromatic heterocycles. The number of pyridine rings is 1. The summed E-state index contributed by atoms with van der Waals surface area (Å²) >= 11 is 0. The number of para-hydroxylation sites is 1. The molecule has 2 heterocycles. The first kappa shape index (κ1) is 9.09. The zero-order valence-corrected chi connectivity index (χ0v) is 8.92. The molecule has 0 amide bonds. The van der Waals surface area contributed by atoms with Gasteiger partial charge in [0.1, 0.15) is 5.52 Å². The fourth-order valence-corrected chi connectivity index (χ4v) is 2.08. The van der Waals surface area contributed by atoms with E-state index in [0.29, 0.717) is 5.52 Å². The molecule has 78 valence electrons. The van der Waals surface area contributed by atoms with Crippen molar-refractivity contribution in [3.63, 3.8) is 0 Å². The van der Waals surface area contributed by atoms with Gasteiger partial charge >= 0.3 is 0 Å². The Kier molecular flexibility index (Phi) is 1.80. The third kappa shape index (κ3) is 1.08. The molecule has 0 radical (unpaired) electrons. The quantitative estimate of drug-likeness (QED) is 0.406. The molecule has 0 saturated carbocycles. The van der Waals surface area contributed by atoms with E-state index in [2.05, 4.69) is 0 Å². The largest absolute Gasteiger partial charge is 0.283 e. The van der Waals surface area contributed by atoms with E-state index in [-0.39, 0.29) is 5.43 Å². The molecule has 0 fully saturated rings. The molecule has 0 aliphatic rings. The van der Waals surface area contributed by atoms with Crippen molar-refractivity contribution < 1.29 is 4.52 Å². The average molecular weight is 211 g/mol. The van der Waals surface area contributed by atoms with Crippen LogP contribution in [0.4, 0.5) is 0 Å². The Bertz CT molecular complexity index is 684. The van der Waals surface area contributed by atoms with Gasteiger partial charge < -0.3 is 0 Å². The topological polar surface area (TPSA) is 26.1 Å². The number of fused-ring (bicyclic) bond motifs is 2. The van der Waals surface area contributed by atoms with Crippen molar-refractivity contribution in [2.75, 3.05) is 0 Å². The second kappa shape index (κ2) is 3.17. The summed E-state index contributed by atoms with van der Waals surface area (Å²) in [4.78, 5) is 12.2. The summed E-state index contributed by atoms with van der Waals surface area (Å²) in [7, 11) is 1.95. The minimum absolute atomic E-state index is 0.0781. The minimum Gasteiger partial charge on any atom is -0.282 e. The van der Waals surface area contributed by atoms with E-state index in [1.807, 2.05) is 64.9 Å². The fourth-order valence-electron chi connectivity index (χ4n) is 2.08. The molecular formula is C13H11N2O+. The van der Waals surface area contributed by atoms with Crippen molar-refractivity contribution in [3.8, 4) is 0 Å². The van der Waals surface area contributed by atoms with E-state index < -0.39 is 0 Å². The SMILES string of the molecule is Cn1c2ccccc2c(=O)c2cccc[n+]21. The van der Waals surface area contributed by atoms with Gasteiger partial charge in [0.05, 0.1) is 12.4 Å². The predicted octanol–water partition coefficient (Wildman–Crippen LogP) is 1.28. The summed E-state index contributed by atoms with van der Waals surface area (Å²) in [6, 6.07) is 13.3. The molecule has 3 nitrogen and oxygen atoms in total. The van der Waals surface area contributed by atoms with Gasteiger partial charge in [-0.3, -0.25) is 4.79 Å². The minimum atomic E-state index is 0.0781. The molecular weight excluding hydrogens is 200 g/mol. The number of hydrogen-bond donors (Lipinski definition) is 0. The third-order valence-electron chi connectivity index (χ3n) is 2.89. The Morgan fingerprint density at radius 2 is 1.81 bits per heavy atom. The monoisotopic (exact) mass is 211 g/mol. The molecule has 3 heteroatoms. The molecule has 0 aliphatic carbocycles. The Hall–Kier alpha value is -2.16. The lowest BCUT2D eigenvalue weighted by Crippen LogP contribution is -2.38. The molecule has 3 aromatic rings. The lowest BCUT2D eigenvalue weighted by atomic mass is 10.2. The summed E-state index contributed by atoms with van der Waals surface area (Å²) in [5.41, 5.74) is 1.72. The van der Waals surface area contributed by atoms with Crippen LogP contribution in [0.2, 0.25) is 0 Å². The second-order valence-corrected chi connectivity index (χ2v) is 3.80. The number of aromatic nitrogens is 2. The van der Waals surface area contributed by atoms with Crippen LogP contribution in [0.15, 0.2) is 53.5 Å². The predicted molar refractivity (Wildman–Crippen MR) is 62.3 cm³/mol. The first-order valence-corrected chi connectivity index (χ1v) is 5.17. The van der Waals surface area contributed by atoms with Crippen LogP contribution in [0.5, 0.6) is 0 Å². The van der Waals surface area contributed by atoms with Gasteiger partial charge in [-0.25, -0.2) is 0 Å². The van der Waals surface area contributed by atoms with Crippen molar-refractivity contribution in [2.45, 2.75) is 0 Å². The highest BCUT2D eigenvalue weighted by Crippen LogP contribution is 2.07. The standard InChI is InChI=1S/C13H11N2O/c1-14-11-7-3-2-6-10(11)13(16)12-8-4-5-9-15(12)14/h2-9H,1H3/q+1. The number of benzene rings is 1. The Morgan fingerprint density at radius 3 is 2.69 bits per heavy atom. The van der Waals surface area contributed by atoms with Crippen molar-refractivity contribution in [3.05, 3.63) is 58.9 Å². The van der Waals surface area contributed by atoms with Gasteiger partial charge in [-0.1, -0.05) is 16.6 Å². The van der Waals surface area contributed by atoms with Crippen LogP contribution in [0.3, 0.4) is 0 Å². The molecule has 16 heavy (non-hydrogen) atoms. The van der Waals surface area contributed by atoms with Gasteiger partial charge in [-0.15, -0.1) is 0 Å². The highest BCUT2D eigenvalue weighted by molar-refractivity contribution is 5.80. The van der Waals surface area contributed by atoms with E-state index in [1.54, 1.807) is 0 Å². The van der Waals surface area contributed by atoms with E-state index in [1.165, 1.54) is 0 Å².